The van der Waals surface area contributed by atoms with E-state index in [4.69, 9.17) is 16.6 Å². The number of halogens is 2. The molecule has 0 unspecified atom stereocenters. The van der Waals surface area contributed by atoms with Gasteiger partial charge in [-0.15, -0.1) is 0 Å². The average molecular weight is 601 g/mol. The van der Waals surface area contributed by atoms with Gasteiger partial charge in [0.05, 0.1) is 18.1 Å². The lowest BCUT2D eigenvalue weighted by Crippen LogP contribution is -2.25. The van der Waals surface area contributed by atoms with E-state index in [9.17, 15) is 9.18 Å². The number of hydrogen-bond donors (Lipinski definition) is 3. The van der Waals surface area contributed by atoms with Crippen molar-refractivity contribution >= 4 is 40.4 Å². The topological polar surface area (TPSA) is 117 Å². The zero-order valence-corrected chi connectivity index (χ0v) is 23.9. The number of nitrogens with one attached hydrogen (secondary N) is 3. The Hall–Kier alpha value is -4.48. The molecule has 0 fully saturated rings. The molecule has 6 rings (SSSR count). The number of aromatic amines is 2. The lowest BCUT2D eigenvalue weighted by molar-refractivity contribution is 0.0956. The van der Waals surface area contributed by atoms with Crippen LogP contribution in [0.1, 0.15) is 21.6 Å². The van der Waals surface area contributed by atoms with Crippen LogP contribution >= 0.6 is 23.4 Å². The monoisotopic (exact) mass is 600 g/mol. The summed E-state index contributed by atoms with van der Waals surface area (Å²) in [7, 11) is 0. The van der Waals surface area contributed by atoms with Gasteiger partial charge < -0.3 is 19.9 Å². The first-order valence-corrected chi connectivity index (χ1v) is 14.8. The number of nitrogens with zero attached hydrogens (tertiary/aromatic N) is 5. The number of fused-ring (bicyclic) bond motifs is 1. The number of rotatable bonds is 11. The van der Waals surface area contributed by atoms with Gasteiger partial charge in [0.15, 0.2) is 11.5 Å². The lowest BCUT2D eigenvalue weighted by Gasteiger charge is -2.08. The van der Waals surface area contributed by atoms with Crippen LogP contribution < -0.4 is 5.32 Å². The fourth-order valence-electron chi connectivity index (χ4n) is 4.57. The smallest absolute Gasteiger partial charge is 0.252 e. The molecule has 42 heavy (non-hydrogen) atoms. The summed E-state index contributed by atoms with van der Waals surface area (Å²) in [4.78, 5) is 37.6. The Labute approximate surface area is 250 Å². The van der Waals surface area contributed by atoms with Gasteiger partial charge in [0.1, 0.15) is 22.9 Å². The second-order valence-electron chi connectivity index (χ2n) is 9.50. The minimum atomic E-state index is -0.326. The van der Waals surface area contributed by atoms with Crippen molar-refractivity contribution < 1.29 is 9.18 Å². The van der Waals surface area contributed by atoms with E-state index in [2.05, 4.69) is 30.2 Å². The first-order chi connectivity index (χ1) is 20.6. The number of amides is 1. The van der Waals surface area contributed by atoms with Gasteiger partial charge in [0.2, 0.25) is 0 Å². The highest BCUT2D eigenvalue weighted by atomic mass is 35.5. The van der Waals surface area contributed by atoms with E-state index >= 15 is 0 Å². The zero-order chi connectivity index (χ0) is 28.9. The Kier molecular flexibility index (Phi) is 8.29. The molecule has 0 saturated carbocycles. The van der Waals surface area contributed by atoms with Gasteiger partial charge in [-0.3, -0.25) is 4.79 Å². The number of imidazole rings is 3. The second-order valence-corrected chi connectivity index (χ2v) is 11.0. The molecule has 12 heteroatoms. The number of carbonyl (C=O) groups is 1. The van der Waals surface area contributed by atoms with Crippen LogP contribution in [0.2, 0.25) is 5.02 Å². The molecule has 4 heterocycles. The van der Waals surface area contributed by atoms with Gasteiger partial charge in [0.25, 0.3) is 5.91 Å². The summed E-state index contributed by atoms with van der Waals surface area (Å²) in [5.74, 6) is 1.85. The first kappa shape index (κ1) is 27.7. The molecule has 9 nitrogen and oxygen atoms in total. The largest absolute Gasteiger partial charge is 0.351 e. The summed E-state index contributed by atoms with van der Waals surface area (Å²) >= 11 is 7.59. The first-order valence-electron chi connectivity index (χ1n) is 13.3. The Morgan fingerprint density at radius 1 is 1.07 bits per heavy atom. The van der Waals surface area contributed by atoms with E-state index in [1.54, 1.807) is 43.1 Å². The van der Waals surface area contributed by atoms with E-state index in [0.717, 1.165) is 22.8 Å². The van der Waals surface area contributed by atoms with E-state index in [1.165, 1.54) is 17.8 Å². The van der Waals surface area contributed by atoms with Crippen LogP contribution in [0.4, 0.5) is 4.39 Å². The van der Waals surface area contributed by atoms with Crippen LogP contribution in [-0.2, 0) is 18.7 Å². The fourth-order valence-corrected chi connectivity index (χ4v) is 5.76. The van der Waals surface area contributed by atoms with Crippen molar-refractivity contribution in [2.24, 2.45) is 0 Å². The second kappa shape index (κ2) is 12.6. The van der Waals surface area contributed by atoms with Crippen LogP contribution in [0.25, 0.3) is 34.1 Å². The molecule has 0 aliphatic rings. The van der Waals surface area contributed by atoms with Gasteiger partial charge in [-0.2, -0.15) is 11.8 Å². The highest BCUT2D eigenvalue weighted by Gasteiger charge is 2.18. The number of hydrogen-bond acceptors (Lipinski definition) is 6. The number of thioether (sulfide) groups is 1. The molecule has 0 saturated heterocycles. The molecular weight excluding hydrogens is 575 g/mol. The summed E-state index contributed by atoms with van der Waals surface area (Å²) in [6.45, 7) is 1.00. The number of benzene rings is 2. The standard InChI is InChI=1S/C30H26ClFN8OS/c31-23-7-4-8-24(32)22(23)17-42-12-10-34-30(41)20-13-25-28(36-14-20)40(11-9-21-15-33-18-37-21)29(39-25)26-16-35-27(38-26)19-5-2-1-3-6-19/h1-8,13-16,18H,9-12,17H2,(H,33,37)(H,34,41)(H,35,38). The van der Waals surface area contributed by atoms with E-state index in [1.807, 2.05) is 34.9 Å². The molecule has 4 aromatic heterocycles. The average Bonchev–Trinajstić information content (AvgIpc) is 3.77. The third kappa shape index (κ3) is 6.07. The highest BCUT2D eigenvalue weighted by Crippen LogP contribution is 2.26. The summed E-state index contributed by atoms with van der Waals surface area (Å²) in [5, 5.41) is 3.31. The molecule has 0 bridgehead atoms. The lowest BCUT2D eigenvalue weighted by atomic mass is 10.2. The molecule has 0 atom stereocenters. The quantitative estimate of drug-likeness (QED) is 0.159. The number of aromatic nitrogens is 7. The van der Waals surface area contributed by atoms with Crippen molar-refractivity contribution in [1.82, 2.24) is 39.8 Å². The van der Waals surface area contributed by atoms with Crippen molar-refractivity contribution in [1.29, 1.82) is 0 Å². The van der Waals surface area contributed by atoms with Crippen molar-refractivity contribution in [3.05, 3.63) is 107 Å². The Bertz CT molecular complexity index is 1800. The van der Waals surface area contributed by atoms with Crippen LogP contribution in [0.15, 0.2) is 79.5 Å². The number of H-pyrrole nitrogens is 2. The SMILES string of the molecule is O=C(NCCSCc1c(F)cccc1Cl)c1cnc2c(c1)nc(-c1cnc(-c3ccccc3)[nH]1)n2CCc1cnc[nH]1. The summed E-state index contributed by atoms with van der Waals surface area (Å²) in [5.41, 5.74) is 4.84. The molecule has 3 N–H and O–H groups in total. The number of carbonyl (C=O) groups excluding carboxylic acids is 1. The zero-order valence-electron chi connectivity index (χ0n) is 22.3. The maximum absolute atomic E-state index is 14.0. The van der Waals surface area contributed by atoms with Crippen molar-refractivity contribution in [2.45, 2.75) is 18.7 Å². The van der Waals surface area contributed by atoms with Gasteiger partial charge in [-0.25, -0.2) is 24.3 Å². The molecule has 0 aliphatic carbocycles. The van der Waals surface area contributed by atoms with E-state index < -0.39 is 0 Å². The molecule has 2 aromatic carbocycles. The third-order valence-corrected chi connectivity index (χ3v) is 8.05. The number of aryl methyl sites for hydroxylation is 2. The van der Waals surface area contributed by atoms with Crippen LogP contribution in [0.3, 0.4) is 0 Å². The summed E-state index contributed by atoms with van der Waals surface area (Å²) in [6.07, 6.45) is 7.46. The highest BCUT2D eigenvalue weighted by molar-refractivity contribution is 7.98. The van der Waals surface area contributed by atoms with Gasteiger partial charge in [-0.05, 0) is 18.2 Å². The van der Waals surface area contributed by atoms with Crippen molar-refractivity contribution in [3.63, 3.8) is 0 Å². The fraction of sp³-hybridized carbons (Fsp3) is 0.167. The minimum absolute atomic E-state index is 0.254. The predicted octanol–water partition coefficient (Wildman–Crippen LogP) is 5.91. The Morgan fingerprint density at radius 3 is 2.76 bits per heavy atom. The molecule has 6 aromatic rings. The van der Waals surface area contributed by atoms with Crippen LogP contribution in [-0.4, -0.2) is 52.7 Å². The number of pyridine rings is 1. The summed E-state index contributed by atoms with van der Waals surface area (Å²) in [6, 6.07) is 16.3. The molecule has 1 amide bonds. The minimum Gasteiger partial charge on any atom is -0.351 e. The van der Waals surface area contributed by atoms with E-state index in [0.29, 0.717) is 64.2 Å². The van der Waals surface area contributed by atoms with Crippen molar-refractivity contribution in [3.8, 4) is 22.9 Å². The molecule has 0 radical (unpaired) electrons. The van der Waals surface area contributed by atoms with Gasteiger partial charge in [0, 0.05) is 65.3 Å². The van der Waals surface area contributed by atoms with Crippen LogP contribution in [0, 0.1) is 5.82 Å². The normalized spacial score (nSPS) is 11.3. The molecular formula is C30H26ClFN8OS. The predicted molar refractivity (Wildman–Crippen MR) is 163 cm³/mol. The Balaban J connectivity index is 1.19. The maximum atomic E-state index is 14.0. The molecule has 0 spiro atoms. The maximum Gasteiger partial charge on any atom is 0.252 e. The summed E-state index contributed by atoms with van der Waals surface area (Å²) < 4.78 is 16.0. The van der Waals surface area contributed by atoms with Crippen molar-refractivity contribution in [2.75, 3.05) is 12.3 Å². The molecule has 0 aliphatic heterocycles. The van der Waals surface area contributed by atoms with E-state index in [-0.39, 0.29) is 11.7 Å². The Morgan fingerprint density at radius 2 is 1.95 bits per heavy atom. The van der Waals surface area contributed by atoms with Gasteiger partial charge in [-0.1, -0.05) is 48.0 Å². The molecule has 212 valence electrons. The third-order valence-electron chi connectivity index (χ3n) is 6.71. The van der Waals surface area contributed by atoms with Gasteiger partial charge >= 0.3 is 0 Å². The van der Waals surface area contributed by atoms with Crippen LogP contribution in [0.5, 0.6) is 0 Å².